The van der Waals surface area contributed by atoms with Crippen LogP contribution in [-0.4, -0.2) is 24.5 Å². The average molecular weight is 455 g/mol. The topological polar surface area (TPSA) is 64.7 Å². The molecule has 0 aliphatic rings. The number of alkyl halides is 6. The number of rotatable bonds is 8. The Labute approximate surface area is 173 Å². The van der Waals surface area contributed by atoms with Crippen molar-refractivity contribution in [2.24, 2.45) is 5.73 Å². The molecule has 1 unspecified atom stereocenters. The van der Waals surface area contributed by atoms with Crippen molar-refractivity contribution < 1.29 is 45.3 Å². The van der Waals surface area contributed by atoms with Crippen LogP contribution >= 0.6 is 0 Å². The third-order valence-electron chi connectivity index (χ3n) is 4.29. The molecule has 0 saturated heterocycles. The first kappa shape index (κ1) is 25.1. The highest BCUT2D eigenvalue weighted by Gasteiger charge is 2.37. The lowest BCUT2D eigenvalue weighted by molar-refractivity contribution is -0.215. The van der Waals surface area contributed by atoms with Crippen LogP contribution in [-0.2, 0) is 21.8 Å². The lowest BCUT2D eigenvalue weighted by Crippen LogP contribution is -2.29. The van der Waals surface area contributed by atoms with Gasteiger partial charge in [-0.05, 0) is 48.4 Å². The van der Waals surface area contributed by atoms with Crippen molar-refractivity contribution in [3.05, 3.63) is 70.5 Å². The summed E-state index contributed by atoms with van der Waals surface area (Å²) in [4.78, 5) is 0. The third kappa shape index (κ3) is 6.89. The number of hydrogen-bond acceptors (Lipinski definition) is 4. The Balaban J connectivity index is 2.35. The second kappa shape index (κ2) is 9.94. The Bertz CT molecular complexity index is 821. The molecule has 2 aromatic carbocycles. The number of ether oxygens (including phenoxy) is 2. The fraction of sp³-hybridized carbons (Fsp3) is 0.400. The summed E-state index contributed by atoms with van der Waals surface area (Å²) in [6.45, 7) is 1.10. The van der Waals surface area contributed by atoms with Gasteiger partial charge in [-0.15, -0.1) is 0 Å². The second-order valence-electron chi connectivity index (χ2n) is 6.64. The van der Waals surface area contributed by atoms with Crippen LogP contribution in [0, 0.1) is 5.82 Å². The van der Waals surface area contributed by atoms with Gasteiger partial charge >= 0.3 is 12.4 Å². The van der Waals surface area contributed by atoms with Crippen LogP contribution in [0.1, 0.15) is 41.4 Å². The van der Waals surface area contributed by atoms with Crippen molar-refractivity contribution in [3.8, 4) is 0 Å². The lowest BCUT2D eigenvalue weighted by atomic mass is 10.0. The van der Waals surface area contributed by atoms with Gasteiger partial charge in [0.15, 0.2) is 6.29 Å². The van der Waals surface area contributed by atoms with Crippen molar-refractivity contribution in [1.29, 1.82) is 0 Å². The van der Waals surface area contributed by atoms with Gasteiger partial charge in [0.2, 0.25) is 0 Å². The molecular weight excluding hydrogens is 435 g/mol. The average Bonchev–Trinajstić information content (AvgIpc) is 2.69. The van der Waals surface area contributed by atoms with Crippen LogP contribution in [0.4, 0.5) is 30.7 Å². The SMILES string of the molecule is C[C@@H](OC(OCCN)[C@@H](O)c1ccc(F)cc1)c1cc(C(F)(F)F)cc(C(F)(F)F)c1. The smallest absolute Gasteiger partial charge is 0.383 e. The number of aliphatic hydroxyl groups is 1. The summed E-state index contributed by atoms with van der Waals surface area (Å²) >= 11 is 0. The molecule has 3 N–H and O–H groups in total. The van der Waals surface area contributed by atoms with E-state index in [-0.39, 0.29) is 24.8 Å². The van der Waals surface area contributed by atoms with Crippen LogP contribution in [0.15, 0.2) is 42.5 Å². The van der Waals surface area contributed by atoms with E-state index in [4.69, 9.17) is 15.2 Å². The molecule has 11 heteroatoms. The highest BCUT2D eigenvalue weighted by atomic mass is 19.4. The van der Waals surface area contributed by atoms with Gasteiger partial charge in [0.1, 0.15) is 11.9 Å². The maximum absolute atomic E-state index is 13.1. The normalized spacial score (nSPS) is 15.5. The zero-order chi connectivity index (χ0) is 23.4. The molecule has 2 rings (SSSR count). The quantitative estimate of drug-likeness (QED) is 0.436. The molecule has 4 nitrogen and oxygen atoms in total. The molecule has 0 fully saturated rings. The zero-order valence-electron chi connectivity index (χ0n) is 16.2. The zero-order valence-corrected chi connectivity index (χ0v) is 16.2. The van der Waals surface area contributed by atoms with E-state index < -0.39 is 53.4 Å². The monoisotopic (exact) mass is 455 g/mol. The van der Waals surface area contributed by atoms with Gasteiger partial charge in [-0.3, -0.25) is 0 Å². The number of halogens is 7. The molecule has 0 amide bonds. The summed E-state index contributed by atoms with van der Waals surface area (Å²) in [6.07, 6.45) is -14.4. The highest BCUT2D eigenvalue weighted by molar-refractivity contribution is 5.34. The van der Waals surface area contributed by atoms with Crippen molar-refractivity contribution in [2.45, 2.75) is 37.8 Å². The minimum absolute atomic E-state index is 0.00594. The Morgan fingerprint density at radius 1 is 0.903 bits per heavy atom. The first-order valence-electron chi connectivity index (χ1n) is 9.03. The predicted molar refractivity (Wildman–Crippen MR) is 96.1 cm³/mol. The molecular formula is C20H20F7NO3. The maximum atomic E-state index is 13.1. The number of benzene rings is 2. The van der Waals surface area contributed by atoms with E-state index in [1.54, 1.807) is 0 Å². The first-order valence-corrected chi connectivity index (χ1v) is 9.03. The number of nitrogens with two attached hydrogens (primary N) is 1. The fourth-order valence-electron chi connectivity index (χ4n) is 2.70. The van der Waals surface area contributed by atoms with Gasteiger partial charge in [-0.2, -0.15) is 26.3 Å². The van der Waals surface area contributed by atoms with Crippen LogP contribution in [0.2, 0.25) is 0 Å². The van der Waals surface area contributed by atoms with Gasteiger partial charge in [0, 0.05) is 6.54 Å². The summed E-state index contributed by atoms with van der Waals surface area (Å²) < 4.78 is 102. The Kier molecular flexibility index (Phi) is 8.04. The molecule has 3 atom stereocenters. The number of hydrogen-bond donors (Lipinski definition) is 2. The van der Waals surface area contributed by atoms with E-state index in [0.717, 1.165) is 12.1 Å². The van der Waals surface area contributed by atoms with E-state index in [9.17, 15) is 35.8 Å². The molecule has 0 spiro atoms. The molecule has 31 heavy (non-hydrogen) atoms. The lowest BCUT2D eigenvalue weighted by Gasteiger charge is -2.28. The van der Waals surface area contributed by atoms with Crippen LogP contribution in [0.5, 0.6) is 0 Å². The maximum Gasteiger partial charge on any atom is 0.416 e. The van der Waals surface area contributed by atoms with Gasteiger partial charge in [0.25, 0.3) is 0 Å². The fourth-order valence-corrected chi connectivity index (χ4v) is 2.70. The molecule has 0 aliphatic carbocycles. The van der Waals surface area contributed by atoms with Crippen LogP contribution < -0.4 is 5.73 Å². The van der Waals surface area contributed by atoms with Gasteiger partial charge in [0.05, 0.1) is 23.8 Å². The standard InChI is InChI=1S/C20H20F7NO3/c1-11(13-8-14(19(22,23)24)10-15(9-13)20(25,26)27)31-18(30-7-6-28)17(29)12-2-4-16(21)5-3-12/h2-5,8-11,17-18,29H,6-7,28H2,1H3/t11-,17+,18?/m1/s1. The molecule has 0 heterocycles. The first-order chi connectivity index (χ1) is 14.3. The molecule has 172 valence electrons. The van der Waals surface area contributed by atoms with Crippen molar-refractivity contribution in [1.82, 2.24) is 0 Å². The molecule has 0 bridgehead atoms. The summed E-state index contributed by atoms with van der Waals surface area (Å²) in [6, 6.07) is 5.66. The van der Waals surface area contributed by atoms with E-state index in [2.05, 4.69) is 0 Å². The second-order valence-corrected chi connectivity index (χ2v) is 6.64. The summed E-state index contributed by atoms with van der Waals surface area (Å²) in [5.41, 5.74) is 2.10. The van der Waals surface area contributed by atoms with Crippen LogP contribution in [0.25, 0.3) is 0 Å². The predicted octanol–water partition coefficient (Wildman–Crippen LogP) is 4.98. The molecule has 0 aromatic heterocycles. The van der Waals surface area contributed by atoms with E-state index >= 15 is 0 Å². The number of aliphatic hydroxyl groups excluding tert-OH is 1. The summed E-state index contributed by atoms with van der Waals surface area (Å²) in [5.74, 6) is -0.576. The van der Waals surface area contributed by atoms with Gasteiger partial charge in [-0.1, -0.05) is 12.1 Å². The Morgan fingerprint density at radius 2 is 1.42 bits per heavy atom. The molecule has 0 radical (unpaired) electrons. The third-order valence-corrected chi connectivity index (χ3v) is 4.29. The van der Waals surface area contributed by atoms with Gasteiger partial charge in [-0.25, -0.2) is 4.39 Å². The van der Waals surface area contributed by atoms with E-state index in [0.29, 0.717) is 12.1 Å². The Morgan fingerprint density at radius 3 is 1.87 bits per heavy atom. The minimum atomic E-state index is -5.02. The summed E-state index contributed by atoms with van der Waals surface area (Å²) in [7, 11) is 0. The van der Waals surface area contributed by atoms with E-state index in [1.165, 1.54) is 19.1 Å². The molecule has 0 saturated carbocycles. The van der Waals surface area contributed by atoms with Crippen molar-refractivity contribution >= 4 is 0 Å². The Hall–Kier alpha value is -2.21. The molecule has 0 aliphatic heterocycles. The van der Waals surface area contributed by atoms with Crippen molar-refractivity contribution in [3.63, 3.8) is 0 Å². The van der Waals surface area contributed by atoms with Gasteiger partial charge < -0.3 is 20.3 Å². The van der Waals surface area contributed by atoms with Crippen LogP contribution in [0.3, 0.4) is 0 Å². The largest absolute Gasteiger partial charge is 0.416 e. The van der Waals surface area contributed by atoms with E-state index in [1.807, 2.05) is 0 Å². The van der Waals surface area contributed by atoms with Crippen molar-refractivity contribution in [2.75, 3.05) is 13.2 Å². The molecule has 2 aromatic rings. The highest BCUT2D eigenvalue weighted by Crippen LogP contribution is 2.38. The summed E-state index contributed by atoms with van der Waals surface area (Å²) in [5, 5.41) is 10.5. The minimum Gasteiger partial charge on any atom is -0.383 e.